The van der Waals surface area contributed by atoms with Gasteiger partial charge in [-0.1, -0.05) is 13.8 Å². The van der Waals surface area contributed by atoms with E-state index in [9.17, 15) is 9.59 Å². The van der Waals surface area contributed by atoms with Gasteiger partial charge in [0.2, 0.25) is 5.91 Å². The van der Waals surface area contributed by atoms with Crippen LogP contribution in [0.2, 0.25) is 0 Å². The molecule has 0 bridgehead atoms. The van der Waals surface area contributed by atoms with Crippen molar-refractivity contribution >= 4 is 11.9 Å². The molecule has 3 N–H and O–H groups in total. The van der Waals surface area contributed by atoms with Gasteiger partial charge in [-0.25, -0.2) is 0 Å². The molecule has 4 atom stereocenters. The molecule has 0 aromatic heterocycles. The van der Waals surface area contributed by atoms with Crippen molar-refractivity contribution in [3.63, 3.8) is 0 Å². The molecule has 1 amide bonds. The molecule has 1 aliphatic heterocycles. The molecule has 5 nitrogen and oxygen atoms in total. The molecule has 1 rings (SSSR count). The SMILES string of the molecule is CC(N)C(C)C(=O)N1C[C@@H](C)[C@H](C(=O)O)C1. The first-order valence-electron chi connectivity index (χ1n) is 5.61. The van der Waals surface area contributed by atoms with Crippen molar-refractivity contribution in [3.8, 4) is 0 Å². The van der Waals surface area contributed by atoms with Gasteiger partial charge in [0.05, 0.1) is 11.8 Å². The Kier molecular flexibility index (Phi) is 3.91. The average Bonchev–Trinajstić information content (AvgIpc) is 2.58. The summed E-state index contributed by atoms with van der Waals surface area (Å²) in [5.74, 6) is -1.53. The third kappa shape index (κ3) is 2.52. The van der Waals surface area contributed by atoms with Gasteiger partial charge in [-0.2, -0.15) is 0 Å². The van der Waals surface area contributed by atoms with Crippen LogP contribution in [0.3, 0.4) is 0 Å². The number of carboxylic acids is 1. The number of carboxylic acid groups (broad SMARTS) is 1. The molecule has 5 heteroatoms. The Bertz CT molecular complexity index is 291. The highest BCUT2D eigenvalue weighted by molar-refractivity contribution is 5.81. The standard InChI is InChI=1S/C11H20N2O3/c1-6-4-13(5-9(6)11(15)16)10(14)7(2)8(3)12/h6-9H,4-5,12H2,1-3H3,(H,15,16)/t6-,7?,8?,9-/m1/s1. The summed E-state index contributed by atoms with van der Waals surface area (Å²) < 4.78 is 0. The highest BCUT2D eigenvalue weighted by Gasteiger charge is 2.38. The number of nitrogens with two attached hydrogens (primary N) is 1. The Balaban J connectivity index is 2.65. The van der Waals surface area contributed by atoms with Crippen LogP contribution in [0.15, 0.2) is 0 Å². The zero-order valence-corrected chi connectivity index (χ0v) is 10.0. The fourth-order valence-electron chi connectivity index (χ4n) is 1.98. The van der Waals surface area contributed by atoms with E-state index in [4.69, 9.17) is 10.8 Å². The molecular formula is C11H20N2O3. The largest absolute Gasteiger partial charge is 0.481 e. The summed E-state index contributed by atoms with van der Waals surface area (Å²) in [5.41, 5.74) is 5.67. The van der Waals surface area contributed by atoms with E-state index in [1.165, 1.54) is 0 Å². The van der Waals surface area contributed by atoms with Crippen molar-refractivity contribution in [2.24, 2.45) is 23.5 Å². The highest BCUT2D eigenvalue weighted by atomic mass is 16.4. The molecule has 0 spiro atoms. The molecule has 1 saturated heterocycles. The Hall–Kier alpha value is -1.10. The maximum Gasteiger partial charge on any atom is 0.308 e. The minimum atomic E-state index is -0.823. The van der Waals surface area contributed by atoms with Gasteiger partial charge in [0.25, 0.3) is 0 Å². The fraction of sp³-hybridized carbons (Fsp3) is 0.818. The number of nitrogens with zero attached hydrogens (tertiary/aromatic N) is 1. The van der Waals surface area contributed by atoms with Crippen molar-refractivity contribution in [2.75, 3.05) is 13.1 Å². The van der Waals surface area contributed by atoms with E-state index < -0.39 is 11.9 Å². The summed E-state index contributed by atoms with van der Waals surface area (Å²) in [6.45, 7) is 6.27. The third-order valence-corrected chi connectivity index (χ3v) is 3.42. The van der Waals surface area contributed by atoms with E-state index in [1.807, 2.05) is 6.92 Å². The van der Waals surface area contributed by atoms with Crippen molar-refractivity contribution in [1.82, 2.24) is 4.90 Å². The van der Waals surface area contributed by atoms with Crippen molar-refractivity contribution in [3.05, 3.63) is 0 Å². The number of carbonyl (C=O) groups excluding carboxylic acids is 1. The lowest BCUT2D eigenvalue weighted by Crippen LogP contribution is -2.41. The monoisotopic (exact) mass is 228 g/mol. The minimum absolute atomic E-state index is 0.0155. The van der Waals surface area contributed by atoms with Crippen LogP contribution in [-0.2, 0) is 9.59 Å². The summed E-state index contributed by atoms with van der Waals surface area (Å²) in [5, 5.41) is 8.97. The predicted octanol–water partition coefficient (Wildman–Crippen LogP) is 0.149. The minimum Gasteiger partial charge on any atom is -0.481 e. The van der Waals surface area contributed by atoms with E-state index in [-0.39, 0.29) is 23.8 Å². The molecule has 2 unspecified atom stereocenters. The van der Waals surface area contributed by atoms with Gasteiger partial charge in [0, 0.05) is 19.1 Å². The van der Waals surface area contributed by atoms with Crippen LogP contribution in [0.4, 0.5) is 0 Å². The zero-order chi connectivity index (χ0) is 12.5. The zero-order valence-electron chi connectivity index (χ0n) is 10.0. The van der Waals surface area contributed by atoms with Crippen LogP contribution < -0.4 is 5.73 Å². The molecule has 0 radical (unpaired) electrons. The molecule has 1 fully saturated rings. The topological polar surface area (TPSA) is 83.6 Å². The van der Waals surface area contributed by atoms with Crippen molar-refractivity contribution in [2.45, 2.75) is 26.8 Å². The normalized spacial score (nSPS) is 28.9. The van der Waals surface area contributed by atoms with E-state index >= 15 is 0 Å². The number of carbonyl (C=O) groups is 2. The van der Waals surface area contributed by atoms with Gasteiger partial charge in [0.15, 0.2) is 0 Å². The smallest absolute Gasteiger partial charge is 0.308 e. The number of hydrogen-bond donors (Lipinski definition) is 2. The first-order valence-corrected chi connectivity index (χ1v) is 5.61. The first kappa shape index (κ1) is 13.0. The molecule has 1 heterocycles. The van der Waals surface area contributed by atoms with Gasteiger partial charge in [-0.15, -0.1) is 0 Å². The molecular weight excluding hydrogens is 208 g/mol. The Morgan fingerprint density at radius 2 is 1.94 bits per heavy atom. The number of aliphatic carboxylic acids is 1. The molecule has 1 aliphatic rings. The lowest BCUT2D eigenvalue weighted by molar-refractivity contribution is -0.142. The molecule has 16 heavy (non-hydrogen) atoms. The van der Waals surface area contributed by atoms with Gasteiger partial charge in [-0.05, 0) is 12.8 Å². The molecule has 0 saturated carbocycles. The maximum atomic E-state index is 12.0. The summed E-state index contributed by atoms with van der Waals surface area (Å²) in [6.07, 6.45) is 0. The highest BCUT2D eigenvalue weighted by Crippen LogP contribution is 2.24. The quantitative estimate of drug-likeness (QED) is 0.720. The molecule has 0 aliphatic carbocycles. The van der Waals surface area contributed by atoms with Crippen LogP contribution in [-0.4, -0.2) is 41.0 Å². The van der Waals surface area contributed by atoms with Gasteiger partial charge in [0.1, 0.15) is 0 Å². The van der Waals surface area contributed by atoms with Crippen molar-refractivity contribution in [1.29, 1.82) is 0 Å². The van der Waals surface area contributed by atoms with Crippen molar-refractivity contribution < 1.29 is 14.7 Å². The first-order chi connectivity index (χ1) is 7.34. The number of amides is 1. The summed E-state index contributed by atoms with van der Waals surface area (Å²) in [7, 11) is 0. The summed E-state index contributed by atoms with van der Waals surface area (Å²) in [4.78, 5) is 24.5. The molecule has 92 valence electrons. The second-order valence-electron chi connectivity index (χ2n) is 4.81. The number of hydrogen-bond acceptors (Lipinski definition) is 3. The van der Waals surface area contributed by atoms with Gasteiger partial charge in [-0.3, -0.25) is 9.59 Å². The molecule has 0 aromatic carbocycles. The van der Waals surface area contributed by atoms with Crippen LogP contribution in [0.25, 0.3) is 0 Å². The van der Waals surface area contributed by atoms with Gasteiger partial charge >= 0.3 is 5.97 Å². The van der Waals surface area contributed by atoms with Gasteiger partial charge < -0.3 is 15.7 Å². The second-order valence-corrected chi connectivity index (χ2v) is 4.81. The van der Waals surface area contributed by atoms with Crippen LogP contribution in [0.5, 0.6) is 0 Å². The Labute approximate surface area is 95.6 Å². The summed E-state index contributed by atoms with van der Waals surface area (Å²) >= 11 is 0. The molecule has 0 aromatic rings. The van der Waals surface area contributed by atoms with Crippen LogP contribution in [0, 0.1) is 17.8 Å². The number of rotatable bonds is 3. The van der Waals surface area contributed by atoms with Crippen LogP contribution in [0.1, 0.15) is 20.8 Å². The second kappa shape index (κ2) is 4.82. The summed E-state index contributed by atoms with van der Waals surface area (Å²) in [6, 6.07) is -0.202. The Morgan fingerprint density at radius 3 is 2.31 bits per heavy atom. The maximum absolute atomic E-state index is 12.0. The third-order valence-electron chi connectivity index (χ3n) is 3.42. The fourth-order valence-corrected chi connectivity index (χ4v) is 1.98. The lowest BCUT2D eigenvalue weighted by Gasteiger charge is -2.22. The predicted molar refractivity (Wildman–Crippen MR) is 59.7 cm³/mol. The lowest BCUT2D eigenvalue weighted by atomic mass is 9.99. The number of likely N-dealkylation sites (tertiary alicyclic amines) is 1. The van der Waals surface area contributed by atoms with E-state index in [0.29, 0.717) is 13.1 Å². The van der Waals surface area contributed by atoms with E-state index in [0.717, 1.165) is 0 Å². The van der Waals surface area contributed by atoms with E-state index in [1.54, 1.807) is 18.7 Å². The van der Waals surface area contributed by atoms with Crippen LogP contribution >= 0.6 is 0 Å². The average molecular weight is 228 g/mol. The van der Waals surface area contributed by atoms with E-state index in [2.05, 4.69) is 0 Å². The Morgan fingerprint density at radius 1 is 1.38 bits per heavy atom.